The summed E-state index contributed by atoms with van der Waals surface area (Å²) in [5.74, 6) is 7.31. The molecule has 0 saturated carbocycles. The Balaban J connectivity index is 1.66. The van der Waals surface area contributed by atoms with Crippen LogP contribution in [0.2, 0.25) is 0 Å². The molecule has 0 aliphatic carbocycles. The minimum atomic E-state index is -0.669. The first kappa shape index (κ1) is 19.7. The van der Waals surface area contributed by atoms with E-state index in [4.69, 9.17) is 20.1 Å². The van der Waals surface area contributed by atoms with Crippen LogP contribution in [0.15, 0.2) is 36.4 Å². The molecule has 0 fully saturated rings. The van der Waals surface area contributed by atoms with E-state index in [1.807, 2.05) is 19.1 Å². The fourth-order valence-electron chi connectivity index (χ4n) is 2.06. The second kappa shape index (κ2) is 10.4. The molecule has 142 valence electrons. The third-order valence-corrected chi connectivity index (χ3v) is 3.47. The number of ether oxygens (including phenoxy) is 3. The molecule has 2 rings (SSSR count). The van der Waals surface area contributed by atoms with Gasteiger partial charge in [-0.1, -0.05) is 12.1 Å². The summed E-state index contributed by atoms with van der Waals surface area (Å²) in [5.41, 5.74) is 2.39. The van der Waals surface area contributed by atoms with Crippen molar-refractivity contribution in [2.45, 2.75) is 19.1 Å². The van der Waals surface area contributed by atoms with Crippen molar-refractivity contribution in [3.63, 3.8) is 0 Å². The number of anilines is 1. The molecule has 0 saturated heterocycles. The first-order valence-corrected chi connectivity index (χ1v) is 8.22. The van der Waals surface area contributed by atoms with Crippen LogP contribution in [0.5, 0.6) is 17.4 Å². The average molecular weight is 363 g/mol. The van der Waals surface area contributed by atoms with Crippen molar-refractivity contribution in [3.8, 4) is 17.4 Å². The predicted octanol–water partition coefficient (Wildman–Crippen LogP) is 0.568. The van der Waals surface area contributed by atoms with Crippen LogP contribution in [0.1, 0.15) is 6.92 Å². The highest BCUT2D eigenvalue weighted by Gasteiger charge is 2.11. The summed E-state index contributed by atoms with van der Waals surface area (Å²) < 4.78 is 16.3. The summed E-state index contributed by atoms with van der Waals surface area (Å²) in [7, 11) is 1.58. The predicted molar refractivity (Wildman–Crippen MR) is 97.3 cm³/mol. The Kier molecular flexibility index (Phi) is 7.87. The van der Waals surface area contributed by atoms with E-state index in [1.54, 1.807) is 31.4 Å². The van der Waals surface area contributed by atoms with Gasteiger partial charge in [-0.25, -0.2) is 5.84 Å². The molecule has 0 bridgehead atoms. The standard InChI is InChI=1S/C17H25N5O4/c1-12(10-26-17-8-7-16(20-18)21-22-17)19-9-13(23)11-25-15-6-4-3-5-14(15)24-2/h3-8,12-13,19,23H,9-11,18H2,1-2H3,(H,20,21). The van der Waals surface area contributed by atoms with Crippen molar-refractivity contribution >= 4 is 5.82 Å². The molecule has 0 spiro atoms. The molecule has 0 radical (unpaired) electrons. The summed E-state index contributed by atoms with van der Waals surface area (Å²) in [6.45, 7) is 2.84. The van der Waals surface area contributed by atoms with Gasteiger partial charge in [-0.2, -0.15) is 0 Å². The van der Waals surface area contributed by atoms with Crippen LogP contribution in [0.3, 0.4) is 0 Å². The number of aromatic nitrogens is 2. The Morgan fingerprint density at radius 1 is 1.08 bits per heavy atom. The number of nitrogens with two attached hydrogens (primary N) is 1. The number of hydrazine groups is 1. The molecule has 1 aromatic carbocycles. The van der Waals surface area contributed by atoms with Crippen molar-refractivity contribution in [2.24, 2.45) is 5.84 Å². The molecule has 2 atom stereocenters. The summed E-state index contributed by atoms with van der Waals surface area (Å²) in [6, 6.07) is 10.6. The van der Waals surface area contributed by atoms with Crippen molar-refractivity contribution < 1.29 is 19.3 Å². The number of aliphatic hydroxyl groups excluding tert-OH is 1. The number of hydrogen-bond acceptors (Lipinski definition) is 9. The van der Waals surface area contributed by atoms with Gasteiger partial charge < -0.3 is 30.1 Å². The number of hydrogen-bond donors (Lipinski definition) is 4. The first-order chi connectivity index (χ1) is 12.6. The molecule has 26 heavy (non-hydrogen) atoms. The Morgan fingerprint density at radius 3 is 2.50 bits per heavy atom. The van der Waals surface area contributed by atoms with Crippen LogP contribution in [0.4, 0.5) is 5.82 Å². The third-order valence-electron chi connectivity index (χ3n) is 3.47. The number of aliphatic hydroxyl groups is 1. The van der Waals surface area contributed by atoms with Crippen LogP contribution in [0.25, 0.3) is 0 Å². The minimum Gasteiger partial charge on any atom is -0.493 e. The lowest BCUT2D eigenvalue weighted by atomic mass is 10.3. The zero-order chi connectivity index (χ0) is 18.8. The van der Waals surface area contributed by atoms with Crippen molar-refractivity contribution in [2.75, 3.05) is 32.3 Å². The van der Waals surface area contributed by atoms with Crippen molar-refractivity contribution in [3.05, 3.63) is 36.4 Å². The Labute approximate surface area is 152 Å². The van der Waals surface area contributed by atoms with Crippen LogP contribution >= 0.6 is 0 Å². The number of rotatable bonds is 11. The monoisotopic (exact) mass is 363 g/mol. The summed E-state index contributed by atoms with van der Waals surface area (Å²) in [5, 5.41) is 20.9. The fourth-order valence-corrected chi connectivity index (χ4v) is 2.06. The molecule has 1 aromatic heterocycles. The quantitative estimate of drug-likeness (QED) is 0.335. The topological polar surface area (TPSA) is 124 Å². The SMILES string of the molecule is COc1ccccc1OCC(O)CNC(C)COc1ccc(NN)nn1. The van der Waals surface area contributed by atoms with Crippen LogP contribution in [0, 0.1) is 0 Å². The Bertz CT molecular complexity index is 656. The molecule has 1 heterocycles. The number of benzene rings is 1. The van der Waals surface area contributed by atoms with E-state index in [1.165, 1.54) is 0 Å². The summed E-state index contributed by atoms with van der Waals surface area (Å²) >= 11 is 0. The maximum atomic E-state index is 10.1. The van der Waals surface area contributed by atoms with Gasteiger partial charge in [0.2, 0.25) is 5.88 Å². The Hall–Kier alpha value is -2.62. The van der Waals surface area contributed by atoms with E-state index in [9.17, 15) is 5.11 Å². The number of para-hydroxylation sites is 2. The molecule has 0 amide bonds. The molecule has 9 nitrogen and oxygen atoms in total. The maximum Gasteiger partial charge on any atom is 0.233 e. The lowest BCUT2D eigenvalue weighted by molar-refractivity contribution is 0.0998. The lowest BCUT2D eigenvalue weighted by Crippen LogP contribution is -2.39. The van der Waals surface area contributed by atoms with Gasteiger partial charge in [0.05, 0.1) is 7.11 Å². The second-order valence-electron chi connectivity index (χ2n) is 5.64. The van der Waals surface area contributed by atoms with Gasteiger partial charge >= 0.3 is 0 Å². The van der Waals surface area contributed by atoms with Gasteiger partial charge in [-0.05, 0) is 25.1 Å². The maximum absolute atomic E-state index is 10.1. The highest BCUT2D eigenvalue weighted by atomic mass is 16.5. The van der Waals surface area contributed by atoms with Crippen LogP contribution in [-0.2, 0) is 0 Å². The third kappa shape index (κ3) is 6.36. The van der Waals surface area contributed by atoms with E-state index >= 15 is 0 Å². The summed E-state index contributed by atoms with van der Waals surface area (Å²) in [6.07, 6.45) is -0.669. The van der Waals surface area contributed by atoms with Gasteiger partial charge in [-0.15, -0.1) is 10.2 Å². The lowest BCUT2D eigenvalue weighted by Gasteiger charge is -2.18. The van der Waals surface area contributed by atoms with Crippen LogP contribution < -0.4 is 30.8 Å². The largest absolute Gasteiger partial charge is 0.493 e. The van der Waals surface area contributed by atoms with Gasteiger partial charge in [0.25, 0.3) is 0 Å². The molecule has 0 aliphatic rings. The number of nitrogens with zero attached hydrogens (tertiary/aromatic N) is 2. The normalized spacial score (nSPS) is 12.9. The van der Waals surface area contributed by atoms with E-state index in [-0.39, 0.29) is 12.6 Å². The average Bonchev–Trinajstić information content (AvgIpc) is 2.69. The first-order valence-electron chi connectivity index (χ1n) is 8.22. The smallest absolute Gasteiger partial charge is 0.233 e. The molecule has 9 heteroatoms. The van der Waals surface area contributed by atoms with Gasteiger partial charge in [0.15, 0.2) is 17.3 Å². The number of nitrogen functional groups attached to an aromatic ring is 1. The van der Waals surface area contributed by atoms with Gasteiger partial charge in [-0.3, -0.25) is 0 Å². The van der Waals surface area contributed by atoms with Gasteiger partial charge in [0, 0.05) is 18.7 Å². The number of nitrogens with one attached hydrogen (secondary N) is 2. The van der Waals surface area contributed by atoms with Gasteiger partial charge in [0.1, 0.15) is 19.3 Å². The second-order valence-corrected chi connectivity index (χ2v) is 5.64. The van der Waals surface area contributed by atoms with Crippen LogP contribution in [-0.4, -0.2) is 54.3 Å². The molecule has 2 unspecified atom stereocenters. The summed E-state index contributed by atoms with van der Waals surface area (Å²) in [4.78, 5) is 0. The minimum absolute atomic E-state index is 0.00465. The fraction of sp³-hybridized carbons (Fsp3) is 0.412. The zero-order valence-corrected chi connectivity index (χ0v) is 14.9. The Morgan fingerprint density at radius 2 is 1.85 bits per heavy atom. The number of methoxy groups -OCH3 is 1. The van der Waals surface area contributed by atoms with E-state index in [0.717, 1.165) is 0 Å². The highest BCUT2D eigenvalue weighted by Crippen LogP contribution is 2.25. The van der Waals surface area contributed by atoms with E-state index in [0.29, 0.717) is 36.3 Å². The molecule has 2 aromatic rings. The highest BCUT2D eigenvalue weighted by molar-refractivity contribution is 5.39. The van der Waals surface area contributed by atoms with Crippen molar-refractivity contribution in [1.29, 1.82) is 0 Å². The molecule has 0 aliphatic heterocycles. The van der Waals surface area contributed by atoms with E-state index < -0.39 is 6.10 Å². The van der Waals surface area contributed by atoms with Crippen molar-refractivity contribution in [1.82, 2.24) is 15.5 Å². The molecular weight excluding hydrogens is 338 g/mol. The zero-order valence-electron chi connectivity index (χ0n) is 14.9. The van der Waals surface area contributed by atoms with E-state index in [2.05, 4.69) is 20.9 Å². The molecular formula is C17H25N5O4. The molecule has 5 N–H and O–H groups in total.